The molecular formula is C74H131N9O30. The topological polar surface area (TPSA) is 581 Å². The number of aliphatic carboxylic acids is 1. The molecule has 3 heterocycles. The Morgan fingerprint density at radius 2 is 0.593 bits per heavy atom. The zero-order valence-corrected chi connectivity index (χ0v) is 65.9. The van der Waals surface area contributed by atoms with Crippen molar-refractivity contribution in [2.24, 2.45) is 0 Å². The molecule has 0 aromatic carbocycles. The molecule has 39 nitrogen and oxygen atoms in total. The molecule has 3 aliphatic heterocycles. The molecule has 113 heavy (non-hydrogen) atoms. The summed E-state index contributed by atoms with van der Waals surface area (Å²) in [7, 11) is 0. The number of unbranched alkanes of at least 4 members (excludes halogenated alkanes) is 11. The first-order valence-electron chi connectivity index (χ1n) is 39.8. The van der Waals surface area contributed by atoms with Crippen LogP contribution in [-0.4, -0.2) is 325 Å². The normalized spacial score (nSPS) is 24.1. The molecule has 3 rings (SSSR count). The maximum atomic E-state index is 13.9. The number of ketones is 1. The Labute approximate surface area is 660 Å². The number of amides is 9. The van der Waals surface area contributed by atoms with Crippen LogP contribution in [0.3, 0.4) is 0 Å². The van der Waals surface area contributed by atoms with E-state index >= 15 is 0 Å². The molecule has 0 saturated carbocycles. The van der Waals surface area contributed by atoms with Gasteiger partial charge in [-0.15, -0.1) is 0 Å². The van der Waals surface area contributed by atoms with Crippen LogP contribution in [0.4, 0.5) is 0 Å². The lowest BCUT2D eigenvalue weighted by Gasteiger charge is -2.42. The van der Waals surface area contributed by atoms with Gasteiger partial charge in [-0.3, -0.25) is 52.7 Å². The summed E-state index contributed by atoms with van der Waals surface area (Å²) in [6.45, 7) is 2.26. The van der Waals surface area contributed by atoms with Crippen molar-refractivity contribution in [2.45, 2.75) is 292 Å². The highest BCUT2D eigenvalue weighted by Gasteiger charge is 2.48. The van der Waals surface area contributed by atoms with E-state index in [-0.39, 0.29) is 191 Å². The van der Waals surface area contributed by atoms with Gasteiger partial charge in [0.1, 0.15) is 84.4 Å². The van der Waals surface area contributed by atoms with Crippen LogP contribution in [0, 0.1) is 0 Å². The lowest BCUT2D eigenvalue weighted by molar-refractivity contribution is -0.270. The van der Waals surface area contributed by atoms with Crippen LogP contribution in [0.15, 0.2) is 0 Å². The van der Waals surface area contributed by atoms with Crippen molar-refractivity contribution in [3.8, 4) is 0 Å². The van der Waals surface area contributed by atoms with E-state index in [9.17, 15) is 98.7 Å². The molecule has 3 fully saturated rings. The van der Waals surface area contributed by atoms with Gasteiger partial charge in [0.25, 0.3) is 0 Å². The monoisotopic (exact) mass is 1630 g/mol. The van der Waals surface area contributed by atoms with Gasteiger partial charge in [0, 0.05) is 131 Å². The number of ether oxygens (including phenoxy) is 9. The van der Waals surface area contributed by atoms with Gasteiger partial charge in [0.15, 0.2) is 18.9 Å². The molecule has 0 spiro atoms. The third-order valence-electron chi connectivity index (χ3n) is 18.7. The smallest absolute Gasteiger partial charge is 0.303 e. The van der Waals surface area contributed by atoms with E-state index in [1.54, 1.807) is 0 Å². The molecule has 0 radical (unpaired) electrons. The van der Waals surface area contributed by atoms with Crippen molar-refractivity contribution in [2.75, 3.05) is 112 Å². The fraction of sp³-hybridized carbons (Fsp3) is 0.851. The number of aliphatic hydroxyl groups is 9. The Bertz CT molecular complexity index is 2520. The van der Waals surface area contributed by atoms with Crippen LogP contribution in [0.25, 0.3) is 0 Å². The second-order valence-corrected chi connectivity index (χ2v) is 28.7. The molecule has 19 N–H and O–H groups in total. The maximum Gasteiger partial charge on any atom is 0.303 e. The molecule has 9 unspecified atom stereocenters. The average Bonchev–Trinajstić information content (AvgIpc) is 0.821. The highest BCUT2D eigenvalue weighted by atomic mass is 16.7. The number of nitrogens with one attached hydrogen (secondary N) is 9. The Hall–Kier alpha value is -6.35. The number of aliphatic hydroxyl groups excluding tert-OH is 9. The van der Waals surface area contributed by atoms with E-state index in [4.69, 9.17) is 47.7 Å². The third kappa shape index (κ3) is 43.4. The van der Waals surface area contributed by atoms with E-state index in [1.807, 2.05) is 0 Å². The highest BCUT2D eigenvalue weighted by molar-refractivity contribution is 5.79. The highest BCUT2D eigenvalue weighted by Crippen LogP contribution is 2.26. The first-order chi connectivity index (χ1) is 54.1. The van der Waals surface area contributed by atoms with Crippen molar-refractivity contribution < 1.29 is 146 Å². The fourth-order valence-corrected chi connectivity index (χ4v) is 12.5. The lowest BCUT2D eigenvalue weighted by Crippen LogP contribution is -2.64. The molecule has 39 heteroatoms. The zero-order valence-electron chi connectivity index (χ0n) is 65.9. The number of rotatable bonds is 64. The van der Waals surface area contributed by atoms with Gasteiger partial charge in [0.2, 0.25) is 53.2 Å². The van der Waals surface area contributed by atoms with E-state index in [0.717, 1.165) is 38.5 Å². The van der Waals surface area contributed by atoms with Crippen LogP contribution < -0.4 is 47.9 Å². The minimum absolute atomic E-state index is 0.00345. The third-order valence-corrected chi connectivity index (χ3v) is 18.7. The summed E-state index contributed by atoms with van der Waals surface area (Å²) >= 11 is 0. The van der Waals surface area contributed by atoms with Crippen LogP contribution >= 0.6 is 0 Å². The van der Waals surface area contributed by atoms with Gasteiger partial charge < -0.3 is 142 Å². The summed E-state index contributed by atoms with van der Waals surface area (Å²) in [4.78, 5) is 137. The molecule has 0 aliphatic carbocycles. The second-order valence-electron chi connectivity index (χ2n) is 28.7. The Kier molecular flexibility index (Phi) is 52.9. The predicted molar refractivity (Wildman–Crippen MR) is 400 cm³/mol. The summed E-state index contributed by atoms with van der Waals surface area (Å²) in [6.07, 6.45) is -4.38. The van der Waals surface area contributed by atoms with Crippen molar-refractivity contribution in [1.82, 2.24) is 47.9 Å². The van der Waals surface area contributed by atoms with Crippen molar-refractivity contribution in [3.63, 3.8) is 0 Å². The number of hydrogen-bond acceptors (Lipinski definition) is 29. The predicted octanol–water partition coefficient (Wildman–Crippen LogP) is -3.46. The van der Waals surface area contributed by atoms with Crippen molar-refractivity contribution in [1.29, 1.82) is 0 Å². The van der Waals surface area contributed by atoms with E-state index in [2.05, 4.69) is 47.9 Å². The Morgan fingerprint density at radius 3 is 0.912 bits per heavy atom. The van der Waals surface area contributed by atoms with Crippen molar-refractivity contribution >= 4 is 64.9 Å². The fourth-order valence-electron chi connectivity index (χ4n) is 12.5. The zero-order chi connectivity index (χ0) is 83.4. The SMILES string of the molecule is CC(=O)NC1C(O)[C@H](O)C(CO)O[C@H]1OCCCCC(=O)CCCCNC(=O)CCOCC(COCCC(=O)NCCCNC(=O)CCCCO[C@@H]1OC(CO)[C@@H](O)C(O)C1NC(C)=O)(COCCC(=O)NCCCNC(=O)CCCCO[C@@H]1OC(CO)[C@@H](O)C(O)C1NC(C)=O)NC(=O)CCCCCCCCCCC(=O)O. The average molecular weight is 1630 g/mol. The first kappa shape index (κ1) is 101. The molecule has 652 valence electrons. The number of carboxylic acid groups (broad SMARTS) is 1. The van der Waals surface area contributed by atoms with Crippen LogP contribution in [0.2, 0.25) is 0 Å². The van der Waals surface area contributed by atoms with Gasteiger partial charge in [0.05, 0.1) is 59.5 Å². The molecule has 0 aromatic rings. The van der Waals surface area contributed by atoms with E-state index < -0.39 is 141 Å². The second kappa shape index (κ2) is 59.3. The summed E-state index contributed by atoms with van der Waals surface area (Å²) in [6, 6.07) is -3.27. The molecular weight excluding hydrogens is 1490 g/mol. The molecule has 0 bridgehead atoms. The van der Waals surface area contributed by atoms with Gasteiger partial charge in [-0.05, 0) is 77.0 Å². The number of carbonyl (C=O) groups excluding carboxylic acids is 10. The van der Waals surface area contributed by atoms with E-state index in [1.165, 1.54) is 20.8 Å². The van der Waals surface area contributed by atoms with Gasteiger partial charge in [-0.1, -0.05) is 38.5 Å². The number of hydrogen-bond donors (Lipinski definition) is 19. The Balaban J connectivity index is 1.55. The van der Waals surface area contributed by atoms with E-state index in [0.29, 0.717) is 77.0 Å². The molecule has 0 aromatic heterocycles. The van der Waals surface area contributed by atoms with Gasteiger partial charge in [-0.25, -0.2) is 0 Å². The first-order valence-corrected chi connectivity index (χ1v) is 39.8. The maximum absolute atomic E-state index is 13.9. The molecule has 9 amide bonds. The Morgan fingerprint density at radius 1 is 0.319 bits per heavy atom. The number of carboxylic acids is 1. The molecule has 15 atom stereocenters. The molecule has 3 saturated heterocycles. The summed E-state index contributed by atoms with van der Waals surface area (Å²) < 4.78 is 52.1. The summed E-state index contributed by atoms with van der Waals surface area (Å²) in [5.41, 5.74) is -1.41. The summed E-state index contributed by atoms with van der Waals surface area (Å²) in [5, 5.41) is 124. The van der Waals surface area contributed by atoms with Gasteiger partial charge in [-0.2, -0.15) is 0 Å². The summed E-state index contributed by atoms with van der Waals surface area (Å²) in [5.74, 6) is -4.27. The minimum Gasteiger partial charge on any atom is -0.481 e. The molecule has 3 aliphatic rings. The van der Waals surface area contributed by atoms with Crippen LogP contribution in [-0.2, 0) is 95.4 Å². The van der Waals surface area contributed by atoms with Crippen LogP contribution in [0.1, 0.15) is 194 Å². The lowest BCUT2D eigenvalue weighted by atomic mass is 9.97. The standard InChI is InChI=1S/C74H131N9O30/c1-48(87)80-62-68(102)65(99)52(42-84)111-71(62)108-36-17-13-23-51(90)22-12-16-31-75-57(93)28-39-105-45-74(83-60(96)26-10-8-6-4-5-7-9-11-27-61(97)98,46-106-40-29-58(94)78-34-20-32-76-55(91)24-14-18-37-109-72-63(81-49(2)88)69(103)66(100)53(43-85)112-72)47-107-41-30-59(95)79-35-21-33-77-56(92)25-15-19-38-110-73-64(82-50(3)89)70(104)67(101)54(44-86)113-73/h52-54,62-73,84-86,99-104H,4-47H2,1-3H3,(H,75,93)(H,76,91)(H,77,92)(H,78,94)(H,79,95)(H,80,87)(H,81,88)(H,82,89)(H,83,96)(H,97,98)/t52?,53?,54?,62?,63?,64?,65-,66-,67-,68?,69?,70?,71-,72-,73-,74?/m1/s1. The largest absolute Gasteiger partial charge is 0.481 e. The number of Topliss-reactive ketones (excluding diaryl/α,β-unsaturated/α-hetero) is 1. The van der Waals surface area contributed by atoms with Gasteiger partial charge >= 0.3 is 5.97 Å². The quantitative estimate of drug-likeness (QED) is 0.0263. The van der Waals surface area contributed by atoms with Crippen molar-refractivity contribution in [3.05, 3.63) is 0 Å². The van der Waals surface area contributed by atoms with Crippen LogP contribution in [0.5, 0.6) is 0 Å². The number of carbonyl (C=O) groups is 11. The minimum atomic E-state index is -1.46.